The van der Waals surface area contributed by atoms with Crippen molar-refractivity contribution in [2.24, 2.45) is 0 Å². The van der Waals surface area contributed by atoms with Crippen LogP contribution in [0.15, 0.2) is 11.6 Å². The summed E-state index contributed by atoms with van der Waals surface area (Å²) in [5.74, 6) is 0. The molecule has 1 saturated carbocycles. The van der Waals surface area contributed by atoms with E-state index in [2.05, 4.69) is 11.4 Å². The molecule has 0 radical (unpaired) electrons. The molecule has 2 heteroatoms. The van der Waals surface area contributed by atoms with E-state index in [1.54, 1.807) is 0 Å². The van der Waals surface area contributed by atoms with E-state index < -0.39 is 5.60 Å². The summed E-state index contributed by atoms with van der Waals surface area (Å²) in [5.41, 5.74) is 0.639. The zero-order valence-electron chi connectivity index (χ0n) is 10.5. The fourth-order valence-electron chi connectivity index (χ4n) is 2.42. The van der Waals surface area contributed by atoms with Crippen LogP contribution < -0.4 is 5.32 Å². The van der Waals surface area contributed by atoms with Crippen LogP contribution in [0.5, 0.6) is 0 Å². The van der Waals surface area contributed by atoms with Crippen molar-refractivity contribution < 1.29 is 5.11 Å². The molecule has 2 aliphatic rings. The van der Waals surface area contributed by atoms with Crippen LogP contribution >= 0.6 is 0 Å². The molecule has 16 heavy (non-hydrogen) atoms. The van der Waals surface area contributed by atoms with E-state index >= 15 is 0 Å². The summed E-state index contributed by atoms with van der Waals surface area (Å²) in [4.78, 5) is 0. The second kappa shape index (κ2) is 5.33. The maximum Gasteiger partial charge on any atom is 0.0952 e. The van der Waals surface area contributed by atoms with Crippen molar-refractivity contribution in [2.75, 3.05) is 6.54 Å². The Hall–Kier alpha value is -0.340. The van der Waals surface area contributed by atoms with Gasteiger partial charge in [-0.15, -0.1) is 0 Å². The molecule has 1 unspecified atom stereocenters. The zero-order valence-corrected chi connectivity index (χ0v) is 10.5. The van der Waals surface area contributed by atoms with E-state index in [9.17, 15) is 5.11 Å². The SMILES string of the molecule is CC(O)(CNC1CC1)C1=CCCCCCC1. The first-order valence-corrected chi connectivity index (χ1v) is 6.84. The van der Waals surface area contributed by atoms with Crippen molar-refractivity contribution in [1.29, 1.82) is 0 Å². The lowest BCUT2D eigenvalue weighted by molar-refractivity contribution is 0.0921. The summed E-state index contributed by atoms with van der Waals surface area (Å²) in [6.45, 7) is 2.69. The van der Waals surface area contributed by atoms with Gasteiger partial charge in [-0.3, -0.25) is 0 Å². The van der Waals surface area contributed by atoms with Crippen LogP contribution in [-0.2, 0) is 0 Å². The topological polar surface area (TPSA) is 32.3 Å². The van der Waals surface area contributed by atoms with Crippen molar-refractivity contribution in [1.82, 2.24) is 5.32 Å². The first kappa shape index (κ1) is 12.1. The fourth-order valence-corrected chi connectivity index (χ4v) is 2.42. The lowest BCUT2D eigenvalue weighted by atomic mass is 9.88. The third-order valence-electron chi connectivity index (χ3n) is 3.80. The Morgan fingerprint density at radius 3 is 2.81 bits per heavy atom. The normalized spacial score (nSPS) is 26.5. The van der Waals surface area contributed by atoms with Crippen LogP contribution in [0.3, 0.4) is 0 Å². The molecule has 2 aliphatic carbocycles. The summed E-state index contributed by atoms with van der Waals surface area (Å²) in [7, 11) is 0. The maximum absolute atomic E-state index is 10.5. The van der Waals surface area contributed by atoms with Crippen LogP contribution in [0.2, 0.25) is 0 Å². The number of nitrogens with one attached hydrogen (secondary N) is 1. The Kier molecular flexibility index (Phi) is 4.04. The summed E-state index contributed by atoms with van der Waals surface area (Å²) in [6.07, 6.45) is 12.3. The van der Waals surface area contributed by atoms with Crippen molar-refractivity contribution in [3.63, 3.8) is 0 Å². The molecule has 1 atom stereocenters. The standard InChI is InChI=1S/C14H25NO/c1-14(16,11-15-13-9-10-13)12-7-5-3-2-4-6-8-12/h7,13,15-16H,2-6,8-11H2,1H3. The van der Waals surface area contributed by atoms with Gasteiger partial charge in [0.1, 0.15) is 0 Å². The van der Waals surface area contributed by atoms with Gasteiger partial charge in [-0.2, -0.15) is 0 Å². The smallest absolute Gasteiger partial charge is 0.0952 e. The Labute approximate surface area is 99.1 Å². The van der Waals surface area contributed by atoms with Gasteiger partial charge in [0.05, 0.1) is 5.60 Å². The quantitative estimate of drug-likeness (QED) is 0.718. The minimum Gasteiger partial charge on any atom is -0.384 e. The summed E-state index contributed by atoms with van der Waals surface area (Å²) < 4.78 is 0. The predicted octanol–water partition coefficient (Wildman–Crippen LogP) is 2.77. The summed E-state index contributed by atoms with van der Waals surface area (Å²) >= 11 is 0. The van der Waals surface area contributed by atoms with Crippen LogP contribution in [0.1, 0.15) is 58.3 Å². The molecule has 0 aromatic carbocycles. The zero-order chi connectivity index (χ0) is 11.4. The van der Waals surface area contributed by atoms with Crippen LogP contribution in [0.4, 0.5) is 0 Å². The Morgan fingerprint density at radius 1 is 1.31 bits per heavy atom. The van der Waals surface area contributed by atoms with Crippen molar-refractivity contribution in [3.8, 4) is 0 Å². The molecule has 2 nitrogen and oxygen atoms in total. The highest BCUT2D eigenvalue weighted by atomic mass is 16.3. The van der Waals surface area contributed by atoms with E-state index in [0.29, 0.717) is 6.04 Å². The first-order valence-electron chi connectivity index (χ1n) is 6.84. The predicted molar refractivity (Wildman–Crippen MR) is 67.4 cm³/mol. The Balaban J connectivity index is 1.89. The minimum absolute atomic E-state index is 0.625. The summed E-state index contributed by atoms with van der Waals surface area (Å²) in [6, 6.07) is 0.681. The highest BCUT2D eigenvalue weighted by Gasteiger charge is 2.29. The molecule has 0 amide bonds. The van der Waals surface area contributed by atoms with Gasteiger partial charge in [-0.05, 0) is 51.0 Å². The Bertz CT molecular complexity index is 253. The monoisotopic (exact) mass is 223 g/mol. The lowest BCUT2D eigenvalue weighted by Gasteiger charge is -2.28. The molecule has 0 aliphatic heterocycles. The highest BCUT2D eigenvalue weighted by molar-refractivity contribution is 5.17. The van der Waals surface area contributed by atoms with E-state index in [-0.39, 0.29) is 0 Å². The fraction of sp³-hybridized carbons (Fsp3) is 0.857. The Morgan fingerprint density at radius 2 is 2.06 bits per heavy atom. The van der Waals surface area contributed by atoms with Crippen molar-refractivity contribution >= 4 is 0 Å². The average molecular weight is 223 g/mol. The molecule has 0 aromatic rings. The highest BCUT2D eigenvalue weighted by Crippen LogP contribution is 2.27. The lowest BCUT2D eigenvalue weighted by Crippen LogP contribution is -2.40. The van der Waals surface area contributed by atoms with Gasteiger partial charge in [0.2, 0.25) is 0 Å². The summed E-state index contributed by atoms with van der Waals surface area (Å²) in [5, 5.41) is 13.9. The van der Waals surface area contributed by atoms with Gasteiger partial charge in [-0.1, -0.05) is 18.9 Å². The molecule has 0 bridgehead atoms. The van der Waals surface area contributed by atoms with E-state index in [4.69, 9.17) is 0 Å². The van der Waals surface area contributed by atoms with Crippen LogP contribution in [-0.4, -0.2) is 23.3 Å². The molecule has 2 rings (SSSR count). The molecular weight excluding hydrogens is 198 g/mol. The number of allylic oxidation sites excluding steroid dienone is 1. The van der Waals surface area contributed by atoms with E-state index in [0.717, 1.165) is 19.4 Å². The van der Waals surface area contributed by atoms with Gasteiger partial charge < -0.3 is 10.4 Å². The largest absolute Gasteiger partial charge is 0.384 e. The van der Waals surface area contributed by atoms with Gasteiger partial charge >= 0.3 is 0 Å². The second-order valence-corrected chi connectivity index (χ2v) is 5.61. The number of hydrogen-bond donors (Lipinski definition) is 2. The molecule has 2 N–H and O–H groups in total. The number of hydrogen-bond acceptors (Lipinski definition) is 2. The van der Waals surface area contributed by atoms with E-state index in [1.165, 1.54) is 44.1 Å². The molecule has 0 spiro atoms. The minimum atomic E-state index is -0.625. The number of aliphatic hydroxyl groups is 1. The van der Waals surface area contributed by atoms with Crippen molar-refractivity contribution in [2.45, 2.75) is 69.9 Å². The first-order chi connectivity index (χ1) is 7.68. The molecule has 1 fully saturated rings. The molecule has 0 aromatic heterocycles. The average Bonchev–Trinajstić information content (AvgIpc) is 2.96. The van der Waals surface area contributed by atoms with Crippen LogP contribution in [0, 0.1) is 0 Å². The van der Waals surface area contributed by atoms with Gasteiger partial charge in [-0.25, -0.2) is 0 Å². The van der Waals surface area contributed by atoms with Gasteiger partial charge in [0.15, 0.2) is 0 Å². The molecular formula is C14H25NO. The van der Waals surface area contributed by atoms with Gasteiger partial charge in [0.25, 0.3) is 0 Å². The van der Waals surface area contributed by atoms with E-state index in [1.807, 2.05) is 6.92 Å². The maximum atomic E-state index is 10.5. The van der Waals surface area contributed by atoms with Gasteiger partial charge in [0, 0.05) is 12.6 Å². The molecule has 0 saturated heterocycles. The van der Waals surface area contributed by atoms with Crippen LogP contribution in [0.25, 0.3) is 0 Å². The third kappa shape index (κ3) is 3.60. The van der Waals surface area contributed by atoms with Crippen molar-refractivity contribution in [3.05, 3.63) is 11.6 Å². The molecule has 0 heterocycles. The second-order valence-electron chi connectivity index (χ2n) is 5.61. The number of rotatable bonds is 4. The third-order valence-corrected chi connectivity index (χ3v) is 3.80. The molecule has 92 valence electrons.